The molecule has 1 aromatic rings. The van der Waals surface area contributed by atoms with Gasteiger partial charge in [-0.15, -0.1) is 0 Å². The van der Waals surface area contributed by atoms with E-state index in [2.05, 4.69) is 45.0 Å². The molecule has 0 nitrogen and oxygen atoms in total. The van der Waals surface area contributed by atoms with Gasteiger partial charge in [-0.1, -0.05) is 84.2 Å². The molecule has 0 amide bonds. The molecule has 106 valence electrons. The van der Waals surface area contributed by atoms with Gasteiger partial charge in [-0.25, -0.2) is 0 Å². The molecule has 0 aliphatic heterocycles. The van der Waals surface area contributed by atoms with E-state index in [1.165, 1.54) is 36.8 Å². The van der Waals surface area contributed by atoms with Gasteiger partial charge in [-0.3, -0.25) is 0 Å². The van der Waals surface area contributed by atoms with Gasteiger partial charge in [0.1, 0.15) is 0 Å². The quantitative estimate of drug-likeness (QED) is 0.543. The van der Waals surface area contributed by atoms with E-state index >= 15 is 0 Å². The van der Waals surface area contributed by atoms with Crippen molar-refractivity contribution in [2.45, 2.75) is 80.1 Å². The van der Waals surface area contributed by atoms with Crippen LogP contribution >= 0.6 is 0 Å². The van der Waals surface area contributed by atoms with Crippen molar-refractivity contribution >= 4 is 0 Å². The van der Waals surface area contributed by atoms with Crippen LogP contribution in [0.2, 0.25) is 0 Å². The molecule has 0 aliphatic carbocycles. The normalized spacial score (nSPS) is 9.11. The van der Waals surface area contributed by atoms with Crippen molar-refractivity contribution in [3.8, 4) is 0 Å². The van der Waals surface area contributed by atoms with Crippen molar-refractivity contribution in [3.05, 3.63) is 35.4 Å². The molecule has 0 heteroatoms. The molecule has 0 spiro atoms. The van der Waals surface area contributed by atoms with Gasteiger partial charge in [-0.05, 0) is 31.2 Å². The monoisotopic (exact) mass is 250 g/mol. The minimum Gasteiger partial charge on any atom is -0.0683 e. The second-order valence-corrected chi connectivity index (χ2v) is 4.18. The second-order valence-electron chi connectivity index (χ2n) is 4.18. The summed E-state index contributed by atoms with van der Waals surface area (Å²) in [4.78, 5) is 0. The number of benzene rings is 1. The zero-order valence-electron chi connectivity index (χ0n) is 13.7. The Morgan fingerprint density at radius 2 is 1.17 bits per heavy atom. The first kappa shape index (κ1) is 19.6. The molecule has 0 saturated carbocycles. The van der Waals surface area contributed by atoms with Crippen LogP contribution < -0.4 is 0 Å². The zero-order valence-corrected chi connectivity index (χ0v) is 13.7. The lowest BCUT2D eigenvalue weighted by Crippen LogP contribution is -1.97. The third-order valence-electron chi connectivity index (χ3n) is 2.82. The first-order valence-corrected chi connectivity index (χ1v) is 7.84. The average Bonchev–Trinajstić information content (AvgIpc) is 2.44. The van der Waals surface area contributed by atoms with Crippen molar-refractivity contribution in [2.75, 3.05) is 0 Å². The highest BCUT2D eigenvalue weighted by Crippen LogP contribution is 2.26. The highest BCUT2D eigenvalue weighted by Gasteiger charge is 2.08. The Morgan fingerprint density at radius 1 is 0.778 bits per heavy atom. The molecule has 0 unspecified atom stereocenters. The van der Waals surface area contributed by atoms with Crippen LogP contribution in [0.15, 0.2) is 24.3 Å². The van der Waals surface area contributed by atoms with Crippen LogP contribution in [0.4, 0.5) is 0 Å². The fraction of sp³-hybridized carbons (Fsp3) is 0.667. The van der Waals surface area contributed by atoms with Gasteiger partial charge in [0.15, 0.2) is 0 Å². The second kappa shape index (κ2) is 14.3. The fourth-order valence-corrected chi connectivity index (χ4v) is 2.01. The lowest BCUT2D eigenvalue weighted by atomic mass is 9.90. The summed E-state index contributed by atoms with van der Waals surface area (Å²) in [5.41, 5.74) is 2.89. The Kier molecular flexibility index (Phi) is 15.5. The summed E-state index contributed by atoms with van der Waals surface area (Å²) >= 11 is 0. The Balaban J connectivity index is 0. The van der Waals surface area contributed by atoms with E-state index in [1.54, 1.807) is 0 Å². The summed E-state index contributed by atoms with van der Waals surface area (Å²) in [6, 6.07) is 9.05. The van der Waals surface area contributed by atoms with E-state index in [9.17, 15) is 0 Å². The molecule has 1 rings (SSSR count). The van der Waals surface area contributed by atoms with Gasteiger partial charge in [-0.2, -0.15) is 0 Å². The Hall–Kier alpha value is -0.780. The Morgan fingerprint density at radius 3 is 1.50 bits per heavy atom. The molecular formula is C18H34. The number of aryl methyl sites for hydroxylation is 1. The first-order chi connectivity index (χ1) is 8.77. The number of hydrogen-bond donors (Lipinski definition) is 0. The smallest absolute Gasteiger partial charge is 0.0162 e. The largest absolute Gasteiger partial charge is 0.0683 e. The molecule has 0 atom stereocenters. The standard InChI is InChI=1S/C14H22.2C2H6/c1-4-6-13(7-5-2)14-10-8-12(3)9-11-14;2*1-2/h8-11,13H,4-7H2,1-3H3;2*1-2H3. The maximum Gasteiger partial charge on any atom is -0.0162 e. The van der Waals surface area contributed by atoms with E-state index in [0.29, 0.717) is 0 Å². The molecule has 0 saturated heterocycles. The highest BCUT2D eigenvalue weighted by molar-refractivity contribution is 5.24. The van der Waals surface area contributed by atoms with Crippen LogP contribution in [0.1, 0.15) is 84.3 Å². The van der Waals surface area contributed by atoms with E-state index in [0.717, 1.165) is 5.92 Å². The van der Waals surface area contributed by atoms with Crippen LogP contribution in [-0.4, -0.2) is 0 Å². The molecule has 0 aromatic heterocycles. The summed E-state index contributed by atoms with van der Waals surface area (Å²) < 4.78 is 0. The summed E-state index contributed by atoms with van der Waals surface area (Å²) in [5.74, 6) is 0.783. The fourth-order valence-electron chi connectivity index (χ4n) is 2.01. The predicted octanol–water partition coefficient (Wildman–Crippen LogP) is 6.73. The van der Waals surface area contributed by atoms with E-state index in [1.807, 2.05) is 27.7 Å². The molecule has 0 bridgehead atoms. The van der Waals surface area contributed by atoms with Gasteiger partial charge >= 0.3 is 0 Å². The Bertz CT molecular complexity index is 239. The van der Waals surface area contributed by atoms with Crippen LogP contribution in [0, 0.1) is 6.92 Å². The van der Waals surface area contributed by atoms with Crippen molar-refractivity contribution in [1.82, 2.24) is 0 Å². The predicted molar refractivity (Wildman–Crippen MR) is 86.4 cm³/mol. The number of rotatable bonds is 5. The number of hydrogen-bond acceptors (Lipinski definition) is 0. The molecule has 0 heterocycles. The lowest BCUT2D eigenvalue weighted by Gasteiger charge is -2.15. The topological polar surface area (TPSA) is 0 Å². The molecular weight excluding hydrogens is 216 g/mol. The molecule has 0 N–H and O–H groups in total. The lowest BCUT2D eigenvalue weighted by molar-refractivity contribution is 0.561. The maximum absolute atomic E-state index is 2.30. The molecule has 0 radical (unpaired) electrons. The zero-order chi connectivity index (χ0) is 14.4. The maximum atomic E-state index is 2.30. The third-order valence-corrected chi connectivity index (χ3v) is 2.82. The van der Waals surface area contributed by atoms with Gasteiger partial charge in [0.05, 0.1) is 0 Å². The molecule has 18 heavy (non-hydrogen) atoms. The molecule has 0 fully saturated rings. The SMILES string of the molecule is CC.CC.CCCC(CCC)c1ccc(C)cc1. The Labute approximate surface area is 116 Å². The first-order valence-electron chi connectivity index (χ1n) is 7.84. The van der Waals surface area contributed by atoms with Crippen LogP contribution in [0.5, 0.6) is 0 Å². The van der Waals surface area contributed by atoms with Crippen LogP contribution in [0.3, 0.4) is 0 Å². The molecule has 1 aromatic carbocycles. The van der Waals surface area contributed by atoms with Gasteiger partial charge < -0.3 is 0 Å². The van der Waals surface area contributed by atoms with Crippen molar-refractivity contribution in [2.24, 2.45) is 0 Å². The minimum atomic E-state index is 0.783. The van der Waals surface area contributed by atoms with E-state index in [4.69, 9.17) is 0 Å². The van der Waals surface area contributed by atoms with Crippen molar-refractivity contribution < 1.29 is 0 Å². The summed E-state index contributed by atoms with van der Waals surface area (Å²) in [5, 5.41) is 0. The summed E-state index contributed by atoms with van der Waals surface area (Å²) in [7, 11) is 0. The van der Waals surface area contributed by atoms with E-state index < -0.39 is 0 Å². The van der Waals surface area contributed by atoms with Gasteiger partial charge in [0.25, 0.3) is 0 Å². The summed E-state index contributed by atoms with van der Waals surface area (Å²) in [6.45, 7) is 14.7. The summed E-state index contributed by atoms with van der Waals surface area (Å²) in [6.07, 6.45) is 5.24. The minimum absolute atomic E-state index is 0.783. The van der Waals surface area contributed by atoms with Gasteiger partial charge in [0, 0.05) is 0 Å². The van der Waals surface area contributed by atoms with Crippen molar-refractivity contribution in [3.63, 3.8) is 0 Å². The van der Waals surface area contributed by atoms with Crippen LogP contribution in [0.25, 0.3) is 0 Å². The molecule has 0 aliphatic rings. The average molecular weight is 250 g/mol. The van der Waals surface area contributed by atoms with Gasteiger partial charge in [0.2, 0.25) is 0 Å². The van der Waals surface area contributed by atoms with E-state index in [-0.39, 0.29) is 0 Å². The van der Waals surface area contributed by atoms with Crippen molar-refractivity contribution in [1.29, 1.82) is 0 Å². The third kappa shape index (κ3) is 8.33. The van der Waals surface area contributed by atoms with Crippen LogP contribution in [-0.2, 0) is 0 Å². The highest BCUT2D eigenvalue weighted by atomic mass is 14.1.